The fourth-order valence-electron chi connectivity index (χ4n) is 1.93. The van der Waals surface area contributed by atoms with Crippen LogP contribution in [0.4, 0.5) is 0 Å². The second-order valence-electron chi connectivity index (χ2n) is 4.74. The fraction of sp³-hybridized carbons (Fsp3) is 0.188. The number of carbonyl (C=O) groups is 1. The Morgan fingerprint density at radius 1 is 1.15 bits per heavy atom. The van der Waals surface area contributed by atoms with Crippen LogP contribution in [0.3, 0.4) is 0 Å². The van der Waals surface area contributed by atoms with Gasteiger partial charge in [0.2, 0.25) is 0 Å². The van der Waals surface area contributed by atoms with Crippen molar-refractivity contribution in [3.05, 3.63) is 58.6 Å². The zero-order valence-electron chi connectivity index (χ0n) is 11.3. The van der Waals surface area contributed by atoms with Crippen molar-refractivity contribution in [1.82, 2.24) is 0 Å². The van der Waals surface area contributed by atoms with Crippen LogP contribution in [0.15, 0.2) is 42.5 Å². The number of rotatable bonds is 4. The lowest BCUT2D eigenvalue weighted by Gasteiger charge is -2.15. The molecule has 0 heterocycles. The molecule has 0 unspecified atom stereocenters. The highest BCUT2D eigenvalue weighted by Crippen LogP contribution is 2.33. The Labute approximate surface area is 122 Å². The van der Waals surface area contributed by atoms with Crippen molar-refractivity contribution in [2.45, 2.75) is 19.8 Å². The molecule has 20 heavy (non-hydrogen) atoms. The molecule has 3 nitrogen and oxygen atoms in total. The molecule has 0 radical (unpaired) electrons. The smallest absolute Gasteiger partial charge is 0.339 e. The molecule has 0 atom stereocenters. The van der Waals surface area contributed by atoms with Gasteiger partial charge in [0.1, 0.15) is 17.1 Å². The normalized spacial score (nSPS) is 10.6. The summed E-state index contributed by atoms with van der Waals surface area (Å²) in [6, 6.07) is 12.2. The molecule has 0 aliphatic carbocycles. The number of carboxylic acids is 1. The quantitative estimate of drug-likeness (QED) is 0.866. The second-order valence-corrected chi connectivity index (χ2v) is 5.18. The van der Waals surface area contributed by atoms with Gasteiger partial charge in [0.05, 0.1) is 0 Å². The van der Waals surface area contributed by atoms with Crippen molar-refractivity contribution in [2.24, 2.45) is 0 Å². The van der Waals surface area contributed by atoms with Gasteiger partial charge in [-0.3, -0.25) is 0 Å². The van der Waals surface area contributed by atoms with Crippen LogP contribution in [0.5, 0.6) is 11.5 Å². The lowest BCUT2D eigenvalue weighted by molar-refractivity contribution is 0.0694. The number of para-hydroxylation sites is 1. The maximum Gasteiger partial charge on any atom is 0.339 e. The molecule has 0 saturated heterocycles. The molecule has 104 valence electrons. The van der Waals surface area contributed by atoms with Crippen LogP contribution in [0.1, 0.15) is 35.7 Å². The van der Waals surface area contributed by atoms with Crippen LogP contribution in [0.25, 0.3) is 0 Å². The number of halogens is 1. The summed E-state index contributed by atoms with van der Waals surface area (Å²) in [7, 11) is 0. The summed E-state index contributed by atoms with van der Waals surface area (Å²) in [5.74, 6) is 0.165. The average molecular weight is 291 g/mol. The van der Waals surface area contributed by atoms with Crippen LogP contribution in [-0.4, -0.2) is 11.1 Å². The summed E-state index contributed by atoms with van der Waals surface area (Å²) < 4.78 is 5.78. The topological polar surface area (TPSA) is 46.5 Å². The summed E-state index contributed by atoms with van der Waals surface area (Å²) in [4.78, 5) is 11.2. The second kappa shape index (κ2) is 5.97. The Balaban J connectivity index is 2.43. The minimum Gasteiger partial charge on any atom is -0.478 e. The molecule has 2 aromatic carbocycles. The van der Waals surface area contributed by atoms with Crippen molar-refractivity contribution in [1.29, 1.82) is 0 Å². The molecule has 2 aromatic rings. The average Bonchev–Trinajstić information content (AvgIpc) is 2.41. The number of aromatic carboxylic acids is 1. The van der Waals surface area contributed by atoms with Gasteiger partial charge in [-0.25, -0.2) is 4.79 Å². The summed E-state index contributed by atoms with van der Waals surface area (Å²) >= 11 is 5.83. The standard InChI is InChI=1S/C16H15ClO3/c1-10(2)12-5-3-4-6-14(12)20-15-8-7-11(17)9-13(15)16(18)19/h3-10H,1-2H3,(H,18,19). The molecular formula is C16H15ClO3. The van der Waals surface area contributed by atoms with Crippen molar-refractivity contribution in [3.8, 4) is 11.5 Å². The minimum absolute atomic E-state index is 0.0519. The van der Waals surface area contributed by atoms with E-state index in [2.05, 4.69) is 13.8 Å². The highest BCUT2D eigenvalue weighted by atomic mass is 35.5. The molecule has 2 rings (SSSR count). The van der Waals surface area contributed by atoms with E-state index in [9.17, 15) is 9.90 Å². The third-order valence-corrected chi connectivity index (χ3v) is 3.17. The van der Waals surface area contributed by atoms with E-state index < -0.39 is 5.97 Å². The monoisotopic (exact) mass is 290 g/mol. The van der Waals surface area contributed by atoms with Gasteiger partial charge in [-0.1, -0.05) is 43.6 Å². The van der Waals surface area contributed by atoms with Gasteiger partial charge in [0.15, 0.2) is 0 Å². The molecular weight excluding hydrogens is 276 g/mol. The maximum absolute atomic E-state index is 11.2. The molecule has 0 aliphatic rings. The van der Waals surface area contributed by atoms with Crippen molar-refractivity contribution in [3.63, 3.8) is 0 Å². The summed E-state index contributed by atoms with van der Waals surface area (Å²) in [6.45, 7) is 4.12. The predicted octanol–water partition coefficient (Wildman–Crippen LogP) is 4.95. The first-order valence-corrected chi connectivity index (χ1v) is 6.66. The number of ether oxygens (including phenoxy) is 1. The first kappa shape index (κ1) is 14.4. The molecule has 0 aromatic heterocycles. The molecule has 1 N–H and O–H groups in total. The van der Waals surface area contributed by atoms with Crippen LogP contribution in [0.2, 0.25) is 5.02 Å². The van der Waals surface area contributed by atoms with Gasteiger partial charge in [0.25, 0.3) is 0 Å². The van der Waals surface area contributed by atoms with Gasteiger partial charge in [-0.05, 0) is 35.7 Å². The van der Waals surface area contributed by atoms with E-state index in [0.717, 1.165) is 5.56 Å². The molecule has 0 amide bonds. The van der Waals surface area contributed by atoms with Crippen LogP contribution >= 0.6 is 11.6 Å². The van der Waals surface area contributed by atoms with Crippen LogP contribution in [0, 0.1) is 0 Å². The number of hydrogen-bond acceptors (Lipinski definition) is 2. The predicted molar refractivity (Wildman–Crippen MR) is 79.0 cm³/mol. The number of hydrogen-bond donors (Lipinski definition) is 1. The lowest BCUT2D eigenvalue weighted by Crippen LogP contribution is -2.01. The molecule has 0 bridgehead atoms. The summed E-state index contributed by atoms with van der Waals surface area (Å²) in [5, 5.41) is 9.58. The van der Waals surface area contributed by atoms with Crippen molar-refractivity contribution >= 4 is 17.6 Å². The van der Waals surface area contributed by atoms with Gasteiger partial charge in [0, 0.05) is 5.02 Å². The van der Waals surface area contributed by atoms with Crippen LogP contribution in [-0.2, 0) is 0 Å². The van der Waals surface area contributed by atoms with Gasteiger partial charge in [-0.15, -0.1) is 0 Å². The molecule has 4 heteroatoms. The summed E-state index contributed by atoms with van der Waals surface area (Å²) in [6.07, 6.45) is 0. The highest BCUT2D eigenvalue weighted by molar-refractivity contribution is 6.31. The molecule has 0 spiro atoms. The Morgan fingerprint density at radius 3 is 2.50 bits per heavy atom. The van der Waals surface area contributed by atoms with E-state index in [1.165, 1.54) is 6.07 Å². The van der Waals surface area contributed by atoms with Crippen LogP contribution < -0.4 is 4.74 Å². The first-order valence-electron chi connectivity index (χ1n) is 6.28. The van der Waals surface area contributed by atoms with E-state index in [4.69, 9.17) is 16.3 Å². The van der Waals surface area contributed by atoms with Gasteiger partial charge >= 0.3 is 5.97 Å². The number of benzene rings is 2. The third kappa shape index (κ3) is 3.11. The van der Waals surface area contributed by atoms with E-state index >= 15 is 0 Å². The zero-order chi connectivity index (χ0) is 14.7. The van der Waals surface area contributed by atoms with E-state index in [1.807, 2.05) is 24.3 Å². The molecule has 0 saturated carbocycles. The fourth-order valence-corrected chi connectivity index (χ4v) is 2.10. The van der Waals surface area contributed by atoms with Gasteiger partial charge < -0.3 is 9.84 Å². The largest absolute Gasteiger partial charge is 0.478 e. The maximum atomic E-state index is 11.2. The van der Waals surface area contributed by atoms with Crippen molar-refractivity contribution < 1.29 is 14.6 Å². The van der Waals surface area contributed by atoms with E-state index in [-0.39, 0.29) is 17.2 Å². The Kier molecular flexibility index (Phi) is 4.30. The van der Waals surface area contributed by atoms with E-state index in [0.29, 0.717) is 10.8 Å². The highest BCUT2D eigenvalue weighted by Gasteiger charge is 2.15. The SMILES string of the molecule is CC(C)c1ccccc1Oc1ccc(Cl)cc1C(=O)O. The Hall–Kier alpha value is -2.00. The van der Waals surface area contributed by atoms with E-state index in [1.54, 1.807) is 12.1 Å². The Bertz CT molecular complexity index is 635. The third-order valence-electron chi connectivity index (χ3n) is 2.93. The first-order chi connectivity index (χ1) is 9.49. The number of carboxylic acid groups (broad SMARTS) is 1. The Morgan fingerprint density at radius 2 is 1.85 bits per heavy atom. The minimum atomic E-state index is -1.07. The van der Waals surface area contributed by atoms with Gasteiger partial charge in [-0.2, -0.15) is 0 Å². The molecule has 0 aliphatic heterocycles. The van der Waals surface area contributed by atoms with Crippen molar-refractivity contribution in [2.75, 3.05) is 0 Å². The summed E-state index contributed by atoms with van der Waals surface area (Å²) in [5.41, 5.74) is 1.08. The zero-order valence-corrected chi connectivity index (χ0v) is 12.0. The lowest BCUT2D eigenvalue weighted by atomic mass is 10.0. The molecule has 0 fully saturated rings.